The Morgan fingerprint density at radius 1 is 1.32 bits per heavy atom. The number of benzene rings is 1. The number of anilines is 2. The van der Waals surface area contributed by atoms with Crippen LogP contribution in [0.1, 0.15) is 15.9 Å². The van der Waals surface area contributed by atoms with E-state index in [1.165, 1.54) is 11.8 Å². The summed E-state index contributed by atoms with van der Waals surface area (Å²) in [6.07, 6.45) is 2.55. The van der Waals surface area contributed by atoms with Gasteiger partial charge in [-0.1, -0.05) is 17.7 Å². The van der Waals surface area contributed by atoms with E-state index in [9.17, 15) is 4.79 Å². The molecule has 96 valence electrons. The Hall–Kier alpha value is -2.07. The van der Waals surface area contributed by atoms with Crippen LogP contribution in [0.25, 0.3) is 0 Å². The first-order chi connectivity index (χ1) is 9.22. The SMILES string of the molecule is O=C(Nc1ccc(Cl)nc1)c1ccc2c(c1)NCC2. The van der Waals surface area contributed by atoms with Gasteiger partial charge >= 0.3 is 0 Å². The molecule has 1 amide bonds. The molecule has 1 aliphatic heterocycles. The molecule has 0 bridgehead atoms. The summed E-state index contributed by atoms with van der Waals surface area (Å²) in [7, 11) is 0. The Bertz CT molecular complexity index is 625. The highest BCUT2D eigenvalue weighted by atomic mass is 35.5. The van der Waals surface area contributed by atoms with Crippen molar-refractivity contribution in [2.75, 3.05) is 17.2 Å². The summed E-state index contributed by atoms with van der Waals surface area (Å²) in [6, 6.07) is 9.07. The van der Waals surface area contributed by atoms with E-state index >= 15 is 0 Å². The molecular formula is C14H12ClN3O. The van der Waals surface area contributed by atoms with Gasteiger partial charge in [-0.25, -0.2) is 4.98 Å². The zero-order valence-electron chi connectivity index (χ0n) is 10.1. The second-order valence-corrected chi connectivity index (χ2v) is 4.76. The smallest absolute Gasteiger partial charge is 0.255 e. The van der Waals surface area contributed by atoms with Gasteiger partial charge in [-0.2, -0.15) is 0 Å². The van der Waals surface area contributed by atoms with Crippen LogP contribution >= 0.6 is 11.6 Å². The molecule has 1 aromatic heterocycles. The number of pyridine rings is 1. The fourth-order valence-corrected chi connectivity index (χ4v) is 2.20. The normalized spacial score (nSPS) is 12.7. The Labute approximate surface area is 115 Å². The van der Waals surface area contributed by atoms with E-state index < -0.39 is 0 Å². The summed E-state index contributed by atoms with van der Waals surface area (Å²) in [5.74, 6) is -0.152. The number of amides is 1. The molecule has 19 heavy (non-hydrogen) atoms. The summed E-state index contributed by atoms with van der Waals surface area (Å²) in [4.78, 5) is 16.0. The van der Waals surface area contributed by atoms with Crippen LogP contribution in [0, 0.1) is 0 Å². The van der Waals surface area contributed by atoms with Crippen LogP contribution < -0.4 is 10.6 Å². The van der Waals surface area contributed by atoms with Gasteiger partial charge in [0.15, 0.2) is 0 Å². The highest BCUT2D eigenvalue weighted by Gasteiger charge is 2.13. The van der Waals surface area contributed by atoms with E-state index in [0.717, 1.165) is 18.7 Å². The molecule has 2 N–H and O–H groups in total. The Balaban J connectivity index is 1.78. The van der Waals surface area contributed by atoms with Crippen LogP contribution in [-0.4, -0.2) is 17.4 Å². The second kappa shape index (κ2) is 4.90. The number of fused-ring (bicyclic) bond motifs is 1. The first-order valence-corrected chi connectivity index (χ1v) is 6.40. The Morgan fingerprint density at radius 3 is 3.00 bits per heavy atom. The fraction of sp³-hybridized carbons (Fsp3) is 0.143. The lowest BCUT2D eigenvalue weighted by Gasteiger charge is -2.07. The highest BCUT2D eigenvalue weighted by molar-refractivity contribution is 6.29. The molecule has 2 heterocycles. The maximum absolute atomic E-state index is 12.1. The molecule has 4 nitrogen and oxygen atoms in total. The van der Waals surface area contributed by atoms with Gasteiger partial charge < -0.3 is 10.6 Å². The van der Waals surface area contributed by atoms with E-state index in [4.69, 9.17) is 11.6 Å². The number of carbonyl (C=O) groups is 1. The quantitative estimate of drug-likeness (QED) is 0.827. The van der Waals surface area contributed by atoms with Crippen molar-refractivity contribution in [3.05, 3.63) is 52.8 Å². The summed E-state index contributed by atoms with van der Waals surface area (Å²) >= 11 is 5.70. The number of hydrogen-bond donors (Lipinski definition) is 2. The predicted molar refractivity (Wildman–Crippen MR) is 75.8 cm³/mol. The first-order valence-electron chi connectivity index (χ1n) is 6.02. The predicted octanol–water partition coefficient (Wildman–Crippen LogP) is 2.96. The fourth-order valence-electron chi connectivity index (χ4n) is 2.09. The molecule has 0 radical (unpaired) electrons. The van der Waals surface area contributed by atoms with Gasteiger partial charge in [-0.3, -0.25) is 4.79 Å². The van der Waals surface area contributed by atoms with Crippen molar-refractivity contribution in [3.63, 3.8) is 0 Å². The van der Waals surface area contributed by atoms with E-state index in [-0.39, 0.29) is 5.91 Å². The number of rotatable bonds is 2. The molecule has 1 aliphatic rings. The van der Waals surface area contributed by atoms with Crippen molar-refractivity contribution in [1.82, 2.24) is 4.98 Å². The van der Waals surface area contributed by atoms with Gasteiger partial charge in [0, 0.05) is 17.8 Å². The number of halogens is 1. The lowest BCUT2D eigenvalue weighted by Crippen LogP contribution is -2.12. The van der Waals surface area contributed by atoms with Gasteiger partial charge in [0.1, 0.15) is 5.15 Å². The van der Waals surface area contributed by atoms with E-state index in [1.807, 2.05) is 18.2 Å². The maximum Gasteiger partial charge on any atom is 0.255 e. The van der Waals surface area contributed by atoms with Crippen LogP contribution in [0.3, 0.4) is 0 Å². The highest BCUT2D eigenvalue weighted by Crippen LogP contribution is 2.23. The Kier molecular flexibility index (Phi) is 3.09. The van der Waals surface area contributed by atoms with Crippen molar-refractivity contribution < 1.29 is 4.79 Å². The number of carbonyl (C=O) groups excluding carboxylic acids is 1. The monoisotopic (exact) mass is 273 g/mol. The van der Waals surface area contributed by atoms with Crippen LogP contribution in [-0.2, 0) is 6.42 Å². The van der Waals surface area contributed by atoms with Gasteiger partial charge in [-0.15, -0.1) is 0 Å². The zero-order chi connectivity index (χ0) is 13.2. The van der Waals surface area contributed by atoms with Crippen LogP contribution in [0.15, 0.2) is 36.5 Å². The van der Waals surface area contributed by atoms with Crippen molar-refractivity contribution >= 4 is 28.9 Å². The summed E-state index contributed by atoms with van der Waals surface area (Å²) < 4.78 is 0. The third-order valence-corrected chi connectivity index (χ3v) is 3.29. The number of hydrogen-bond acceptors (Lipinski definition) is 3. The van der Waals surface area contributed by atoms with Gasteiger partial charge in [-0.05, 0) is 36.2 Å². The number of aromatic nitrogens is 1. The molecule has 0 atom stereocenters. The zero-order valence-corrected chi connectivity index (χ0v) is 10.9. The minimum atomic E-state index is -0.152. The summed E-state index contributed by atoms with van der Waals surface area (Å²) in [6.45, 7) is 0.932. The maximum atomic E-state index is 12.1. The van der Waals surface area contributed by atoms with Crippen LogP contribution in [0.4, 0.5) is 11.4 Å². The minimum Gasteiger partial charge on any atom is -0.384 e. The first kappa shape index (κ1) is 12.0. The largest absolute Gasteiger partial charge is 0.384 e. The lowest BCUT2D eigenvalue weighted by atomic mass is 10.1. The molecule has 0 fully saturated rings. The standard InChI is InChI=1S/C14H12ClN3O/c15-13-4-3-11(8-17-13)18-14(19)10-2-1-9-5-6-16-12(9)7-10/h1-4,7-8,16H,5-6H2,(H,18,19). The van der Waals surface area contributed by atoms with Gasteiger partial charge in [0.2, 0.25) is 0 Å². The molecule has 3 rings (SSSR count). The van der Waals surface area contributed by atoms with Crippen LogP contribution in [0.5, 0.6) is 0 Å². The van der Waals surface area contributed by atoms with Gasteiger partial charge in [0.05, 0.1) is 11.9 Å². The second-order valence-electron chi connectivity index (χ2n) is 4.37. The van der Waals surface area contributed by atoms with E-state index in [0.29, 0.717) is 16.4 Å². The minimum absolute atomic E-state index is 0.152. The van der Waals surface area contributed by atoms with Crippen molar-refractivity contribution in [2.24, 2.45) is 0 Å². The molecule has 0 aliphatic carbocycles. The number of nitrogens with one attached hydrogen (secondary N) is 2. The molecule has 0 saturated heterocycles. The number of nitrogens with zero attached hydrogens (tertiary/aromatic N) is 1. The molecule has 5 heteroatoms. The van der Waals surface area contributed by atoms with Crippen molar-refractivity contribution in [1.29, 1.82) is 0 Å². The average molecular weight is 274 g/mol. The van der Waals surface area contributed by atoms with Gasteiger partial charge in [0.25, 0.3) is 5.91 Å². The molecule has 0 spiro atoms. The topological polar surface area (TPSA) is 54.0 Å². The van der Waals surface area contributed by atoms with E-state index in [2.05, 4.69) is 15.6 Å². The van der Waals surface area contributed by atoms with Crippen molar-refractivity contribution in [2.45, 2.75) is 6.42 Å². The third-order valence-electron chi connectivity index (χ3n) is 3.07. The van der Waals surface area contributed by atoms with Crippen molar-refractivity contribution in [3.8, 4) is 0 Å². The molecule has 2 aromatic rings. The third kappa shape index (κ3) is 2.53. The summed E-state index contributed by atoms with van der Waals surface area (Å²) in [5, 5.41) is 6.45. The average Bonchev–Trinajstić information content (AvgIpc) is 2.88. The summed E-state index contributed by atoms with van der Waals surface area (Å²) in [5.41, 5.74) is 3.55. The molecule has 1 aromatic carbocycles. The molecule has 0 saturated carbocycles. The molecule has 0 unspecified atom stereocenters. The van der Waals surface area contributed by atoms with E-state index in [1.54, 1.807) is 12.1 Å². The molecular weight excluding hydrogens is 262 g/mol. The lowest BCUT2D eigenvalue weighted by molar-refractivity contribution is 0.102. The Morgan fingerprint density at radius 2 is 2.21 bits per heavy atom. The van der Waals surface area contributed by atoms with Crippen LogP contribution in [0.2, 0.25) is 5.15 Å².